The largest absolute Gasteiger partial charge is 0.326 e. The maximum absolute atomic E-state index is 13.4. The Labute approximate surface area is 116 Å². The van der Waals surface area contributed by atoms with Crippen LogP contribution in [0.25, 0.3) is 0 Å². The minimum absolute atomic E-state index is 0.00847. The molecule has 0 fully saturated rings. The van der Waals surface area contributed by atoms with Gasteiger partial charge >= 0.3 is 0 Å². The molecule has 0 heterocycles. The number of nitrogens with zero attached hydrogens (tertiary/aromatic N) is 1. The number of nitrogens with two attached hydrogens (primary N) is 1. The molecule has 0 aliphatic carbocycles. The monoisotopic (exact) mass is 266 g/mol. The van der Waals surface area contributed by atoms with E-state index in [1.54, 1.807) is 12.1 Å². The zero-order valence-electron chi connectivity index (χ0n) is 12.8. The first kappa shape index (κ1) is 16.1. The van der Waals surface area contributed by atoms with E-state index in [2.05, 4.69) is 39.6 Å². The number of hydrogen-bond donors (Lipinski definition) is 1. The Morgan fingerprint density at radius 3 is 2.42 bits per heavy atom. The fourth-order valence-electron chi connectivity index (χ4n) is 2.59. The summed E-state index contributed by atoms with van der Waals surface area (Å²) in [6.45, 7) is 9.58. The number of likely N-dealkylation sites (N-methyl/N-ethyl adjacent to an activating group) is 1. The smallest absolute Gasteiger partial charge is 0.123 e. The Kier molecular flexibility index (Phi) is 5.50. The average molecular weight is 266 g/mol. The van der Waals surface area contributed by atoms with E-state index in [0.29, 0.717) is 0 Å². The second-order valence-electron chi connectivity index (χ2n) is 6.55. The van der Waals surface area contributed by atoms with Crippen LogP contribution in [0.2, 0.25) is 0 Å². The highest BCUT2D eigenvalue weighted by molar-refractivity contribution is 5.22. The summed E-state index contributed by atoms with van der Waals surface area (Å²) in [4.78, 5) is 2.24. The van der Waals surface area contributed by atoms with Gasteiger partial charge in [0.2, 0.25) is 0 Å². The molecule has 2 nitrogen and oxygen atoms in total. The van der Waals surface area contributed by atoms with Crippen LogP contribution in [-0.2, 0) is 0 Å². The topological polar surface area (TPSA) is 29.3 Å². The minimum atomic E-state index is -0.199. The summed E-state index contributed by atoms with van der Waals surface area (Å²) in [5.74, 6) is -0.199. The van der Waals surface area contributed by atoms with Gasteiger partial charge in [0.1, 0.15) is 5.82 Å². The van der Waals surface area contributed by atoms with Crippen LogP contribution in [0.15, 0.2) is 24.3 Å². The zero-order valence-corrected chi connectivity index (χ0v) is 12.8. The summed E-state index contributed by atoms with van der Waals surface area (Å²) in [5.41, 5.74) is 7.40. The number of benzene rings is 1. The molecular formula is C16H27FN2. The zero-order chi connectivity index (χ0) is 14.6. The third-order valence-corrected chi connectivity index (χ3v) is 3.27. The Morgan fingerprint density at radius 1 is 1.32 bits per heavy atom. The quantitative estimate of drug-likeness (QED) is 0.882. The lowest BCUT2D eigenvalue weighted by Crippen LogP contribution is -2.42. The first-order chi connectivity index (χ1) is 8.74. The van der Waals surface area contributed by atoms with Gasteiger partial charge < -0.3 is 5.73 Å². The van der Waals surface area contributed by atoms with Crippen LogP contribution in [0.4, 0.5) is 4.39 Å². The van der Waals surface area contributed by atoms with Gasteiger partial charge in [0.05, 0.1) is 0 Å². The molecule has 0 aliphatic rings. The fraction of sp³-hybridized carbons (Fsp3) is 0.625. The lowest BCUT2D eigenvalue weighted by molar-refractivity contribution is 0.151. The molecule has 1 aromatic carbocycles. The van der Waals surface area contributed by atoms with Crippen molar-refractivity contribution < 1.29 is 4.39 Å². The van der Waals surface area contributed by atoms with Gasteiger partial charge in [-0.3, -0.25) is 4.90 Å². The molecule has 19 heavy (non-hydrogen) atoms. The van der Waals surface area contributed by atoms with Crippen molar-refractivity contribution in [2.24, 2.45) is 11.1 Å². The summed E-state index contributed by atoms with van der Waals surface area (Å²) in [6, 6.07) is 6.85. The van der Waals surface area contributed by atoms with Crippen LogP contribution >= 0.6 is 0 Å². The van der Waals surface area contributed by atoms with Crippen molar-refractivity contribution in [1.29, 1.82) is 0 Å². The maximum atomic E-state index is 13.4. The molecule has 0 amide bonds. The number of rotatable bonds is 5. The van der Waals surface area contributed by atoms with E-state index in [4.69, 9.17) is 5.73 Å². The van der Waals surface area contributed by atoms with Crippen molar-refractivity contribution in [1.82, 2.24) is 4.90 Å². The highest BCUT2D eigenvalue weighted by atomic mass is 19.1. The molecule has 0 spiro atoms. The summed E-state index contributed by atoms with van der Waals surface area (Å²) in [5, 5.41) is 0. The normalized spacial score (nSPS) is 15.6. The van der Waals surface area contributed by atoms with Crippen molar-refractivity contribution in [2.45, 2.75) is 46.2 Å². The van der Waals surface area contributed by atoms with Crippen LogP contribution in [0.5, 0.6) is 0 Å². The molecule has 0 bridgehead atoms. The maximum Gasteiger partial charge on any atom is 0.123 e. The van der Waals surface area contributed by atoms with Crippen LogP contribution in [0.3, 0.4) is 0 Å². The standard InChI is InChI=1S/C16H27FN2/c1-6-14(18)15(19(5)11-16(2,3)4)12-8-7-9-13(17)10-12/h7-10,14-15H,6,11,18H2,1-5H3. The molecule has 2 N–H and O–H groups in total. The van der Waals surface area contributed by atoms with Gasteiger partial charge in [0.15, 0.2) is 0 Å². The van der Waals surface area contributed by atoms with Crippen molar-refractivity contribution in [2.75, 3.05) is 13.6 Å². The Bertz CT molecular complexity index is 398. The Balaban J connectivity index is 3.01. The SMILES string of the molecule is CCC(N)C(c1cccc(F)c1)N(C)CC(C)(C)C. The number of hydrogen-bond acceptors (Lipinski definition) is 2. The molecule has 108 valence electrons. The molecule has 3 heteroatoms. The third kappa shape index (κ3) is 4.92. The van der Waals surface area contributed by atoms with Gasteiger partial charge in [-0.1, -0.05) is 39.8 Å². The summed E-state index contributed by atoms with van der Waals surface area (Å²) < 4.78 is 13.4. The van der Waals surface area contributed by atoms with Gasteiger partial charge in [0, 0.05) is 18.6 Å². The predicted octanol–water partition coefficient (Wildman–Crippen LogP) is 3.58. The summed E-state index contributed by atoms with van der Waals surface area (Å²) in [7, 11) is 2.07. The van der Waals surface area contributed by atoms with Crippen LogP contribution < -0.4 is 5.73 Å². The first-order valence-electron chi connectivity index (χ1n) is 6.96. The fourth-order valence-corrected chi connectivity index (χ4v) is 2.59. The molecule has 0 radical (unpaired) electrons. The second-order valence-corrected chi connectivity index (χ2v) is 6.55. The molecule has 2 unspecified atom stereocenters. The molecule has 2 atom stereocenters. The predicted molar refractivity (Wildman–Crippen MR) is 79.5 cm³/mol. The molecule has 1 rings (SSSR count). The van der Waals surface area contributed by atoms with E-state index in [0.717, 1.165) is 18.5 Å². The molecule has 0 saturated carbocycles. The van der Waals surface area contributed by atoms with Gasteiger partial charge in [-0.05, 0) is 36.6 Å². The average Bonchev–Trinajstić information content (AvgIpc) is 2.26. The van der Waals surface area contributed by atoms with E-state index in [9.17, 15) is 4.39 Å². The van der Waals surface area contributed by atoms with Crippen molar-refractivity contribution in [3.05, 3.63) is 35.6 Å². The van der Waals surface area contributed by atoms with Gasteiger partial charge in [-0.25, -0.2) is 4.39 Å². The third-order valence-electron chi connectivity index (χ3n) is 3.27. The van der Waals surface area contributed by atoms with E-state index in [1.807, 2.05) is 6.07 Å². The molecule has 0 aromatic heterocycles. The van der Waals surface area contributed by atoms with Crippen LogP contribution in [0, 0.1) is 11.2 Å². The second kappa shape index (κ2) is 6.49. The molecular weight excluding hydrogens is 239 g/mol. The van der Waals surface area contributed by atoms with E-state index >= 15 is 0 Å². The van der Waals surface area contributed by atoms with E-state index in [-0.39, 0.29) is 23.3 Å². The first-order valence-corrected chi connectivity index (χ1v) is 6.96. The molecule has 0 saturated heterocycles. The van der Waals surface area contributed by atoms with Crippen LogP contribution in [-0.4, -0.2) is 24.5 Å². The van der Waals surface area contributed by atoms with Gasteiger partial charge in [0.25, 0.3) is 0 Å². The lowest BCUT2D eigenvalue weighted by Gasteiger charge is -2.36. The van der Waals surface area contributed by atoms with Crippen molar-refractivity contribution in [3.63, 3.8) is 0 Å². The number of halogens is 1. The summed E-state index contributed by atoms with van der Waals surface area (Å²) >= 11 is 0. The van der Waals surface area contributed by atoms with Gasteiger partial charge in [-0.15, -0.1) is 0 Å². The van der Waals surface area contributed by atoms with E-state index < -0.39 is 0 Å². The minimum Gasteiger partial charge on any atom is -0.326 e. The Morgan fingerprint density at radius 2 is 1.95 bits per heavy atom. The van der Waals surface area contributed by atoms with Crippen molar-refractivity contribution in [3.8, 4) is 0 Å². The summed E-state index contributed by atoms with van der Waals surface area (Å²) in [6.07, 6.45) is 0.871. The van der Waals surface area contributed by atoms with Crippen LogP contribution in [0.1, 0.15) is 45.7 Å². The Hall–Kier alpha value is -0.930. The highest BCUT2D eigenvalue weighted by Crippen LogP contribution is 2.27. The molecule has 0 aliphatic heterocycles. The lowest BCUT2D eigenvalue weighted by atomic mass is 9.91. The van der Waals surface area contributed by atoms with E-state index in [1.165, 1.54) is 6.07 Å². The molecule has 1 aromatic rings. The van der Waals surface area contributed by atoms with Crippen molar-refractivity contribution >= 4 is 0 Å². The highest BCUT2D eigenvalue weighted by Gasteiger charge is 2.26. The van der Waals surface area contributed by atoms with Gasteiger partial charge in [-0.2, -0.15) is 0 Å².